The van der Waals surface area contributed by atoms with E-state index in [1.165, 1.54) is 0 Å². The van der Waals surface area contributed by atoms with Crippen molar-refractivity contribution in [2.45, 2.75) is 13.8 Å². The third-order valence-electron chi connectivity index (χ3n) is 0.667. The van der Waals surface area contributed by atoms with Gasteiger partial charge in [-0.1, -0.05) is 50.2 Å². The van der Waals surface area contributed by atoms with Gasteiger partial charge in [-0.2, -0.15) is 0 Å². The molecule has 0 heterocycles. The molecule has 0 N–H and O–H groups in total. The highest BCUT2D eigenvalue weighted by molar-refractivity contribution is 4.99. The Bertz CT molecular complexity index is 76.5. The average Bonchev–Trinajstić information content (AvgIpc) is 1.96. The van der Waals surface area contributed by atoms with Crippen molar-refractivity contribution in [1.29, 1.82) is 0 Å². The number of rotatable bonds is 0. The van der Waals surface area contributed by atoms with E-state index in [-0.39, 0.29) is 1.43 Å². The fraction of sp³-hybridized carbons (Fsp3) is 0.250. The first-order valence-corrected chi connectivity index (χ1v) is 3.00. The van der Waals surface area contributed by atoms with E-state index in [2.05, 4.69) is 0 Å². The summed E-state index contributed by atoms with van der Waals surface area (Å²) in [5.41, 5.74) is 0. The Morgan fingerprint density at radius 1 is 0.625 bits per heavy atom. The van der Waals surface area contributed by atoms with Gasteiger partial charge in [0, 0.05) is 1.43 Å². The summed E-state index contributed by atoms with van der Waals surface area (Å²) in [6.07, 6.45) is 0. The molecule has 0 spiro atoms. The molecule has 0 aliphatic carbocycles. The maximum atomic E-state index is 2.00. The molecule has 0 atom stereocenters. The Morgan fingerprint density at radius 3 is 0.875 bits per heavy atom. The first kappa shape index (κ1) is 7.22. The van der Waals surface area contributed by atoms with Gasteiger partial charge in [0.1, 0.15) is 0 Å². The second-order valence-corrected chi connectivity index (χ2v) is 1.15. The monoisotopic (exact) mass is 111 g/mol. The molecule has 0 bridgehead atoms. The SMILES string of the molecule is CC.[2HH].c1ccccc1. The Hall–Kier alpha value is -0.780. The third-order valence-corrected chi connectivity index (χ3v) is 0.667. The van der Waals surface area contributed by atoms with Gasteiger partial charge in [-0.3, -0.25) is 0 Å². The quantitative estimate of drug-likeness (QED) is 0.483. The molecule has 1 aromatic carbocycles. The number of benzene rings is 1. The smallest absolute Gasteiger partial charge is 0 e. The summed E-state index contributed by atoms with van der Waals surface area (Å²) in [5.74, 6) is 0. The molecule has 8 heavy (non-hydrogen) atoms. The molecule has 0 unspecified atom stereocenters. The van der Waals surface area contributed by atoms with Crippen molar-refractivity contribution in [3.8, 4) is 0 Å². The summed E-state index contributed by atoms with van der Waals surface area (Å²) in [7, 11) is 0. The van der Waals surface area contributed by atoms with Crippen LogP contribution in [0, 0.1) is 0 Å². The molecule has 0 saturated carbocycles. The molecule has 0 amide bonds. The van der Waals surface area contributed by atoms with Crippen molar-refractivity contribution in [2.24, 2.45) is 0 Å². The zero-order valence-corrected chi connectivity index (χ0v) is 5.46. The summed E-state index contributed by atoms with van der Waals surface area (Å²) >= 11 is 0. The van der Waals surface area contributed by atoms with Crippen LogP contribution in [0.2, 0.25) is 0 Å². The van der Waals surface area contributed by atoms with Crippen LogP contribution in [0.3, 0.4) is 0 Å². The number of hydrogen-bond acceptors (Lipinski definition) is 0. The van der Waals surface area contributed by atoms with Crippen molar-refractivity contribution in [3.05, 3.63) is 36.4 Å². The van der Waals surface area contributed by atoms with Crippen molar-refractivity contribution < 1.29 is 1.43 Å². The van der Waals surface area contributed by atoms with Crippen molar-refractivity contribution in [2.75, 3.05) is 0 Å². The third kappa shape index (κ3) is 3.41. The Kier molecular flexibility index (Phi) is 5.61. The summed E-state index contributed by atoms with van der Waals surface area (Å²) in [4.78, 5) is 0. The molecule has 0 fully saturated rings. The van der Waals surface area contributed by atoms with E-state index >= 15 is 0 Å². The van der Waals surface area contributed by atoms with E-state index in [0.29, 0.717) is 0 Å². The van der Waals surface area contributed by atoms with E-state index in [1.807, 2.05) is 50.2 Å². The minimum atomic E-state index is 0. The molecular formula is C8H14. The van der Waals surface area contributed by atoms with Crippen LogP contribution >= 0.6 is 0 Å². The van der Waals surface area contributed by atoms with E-state index in [1.54, 1.807) is 0 Å². The van der Waals surface area contributed by atoms with Crippen LogP contribution in [0.15, 0.2) is 36.4 Å². The molecule has 0 radical (unpaired) electrons. The van der Waals surface area contributed by atoms with Crippen LogP contribution in [-0.4, -0.2) is 0 Å². The van der Waals surface area contributed by atoms with Crippen LogP contribution in [0.4, 0.5) is 0 Å². The second-order valence-electron chi connectivity index (χ2n) is 1.15. The average molecular weight is 111 g/mol. The molecule has 0 nitrogen and oxygen atoms in total. The van der Waals surface area contributed by atoms with Crippen LogP contribution in [0.1, 0.15) is 15.3 Å². The van der Waals surface area contributed by atoms with Crippen molar-refractivity contribution in [1.82, 2.24) is 0 Å². The molecular weight excluding hydrogens is 96.1 g/mol. The van der Waals surface area contributed by atoms with Crippen LogP contribution in [0.25, 0.3) is 0 Å². The van der Waals surface area contributed by atoms with E-state index in [4.69, 9.17) is 0 Å². The molecule has 1 rings (SSSR count). The van der Waals surface area contributed by atoms with Gasteiger partial charge in [-0.25, -0.2) is 0 Å². The van der Waals surface area contributed by atoms with Crippen LogP contribution in [-0.2, 0) is 0 Å². The lowest BCUT2D eigenvalue weighted by Gasteiger charge is -1.69. The largest absolute Gasteiger partial charge is 0.0683 e. The van der Waals surface area contributed by atoms with Crippen LogP contribution < -0.4 is 0 Å². The predicted octanol–water partition coefficient (Wildman–Crippen LogP) is 2.96. The van der Waals surface area contributed by atoms with Gasteiger partial charge in [0.25, 0.3) is 0 Å². The molecule has 0 saturated heterocycles. The topological polar surface area (TPSA) is 0 Å². The summed E-state index contributed by atoms with van der Waals surface area (Å²) < 4.78 is 0. The Labute approximate surface area is 52.7 Å². The summed E-state index contributed by atoms with van der Waals surface area (Å²) in [5, 5.41) is 0. The molecule has 46 valence electrons. The molecule has 0 aromatic heterocycles. The van der Waals surface area contributed by atoms with Gasteiger partial charge in [0.2, 0.25) is 0 Å². The van der Waals surface area contributed by atoms with E-state index in [9.17, 15) is 0 Å². The van der Waals surface area contributed by atoms with Gasteiger partial charge in [-0.05, 0) is 0 Å². The first-order chi connectivity index (χ1) is 4.00. The molecule has 0 aliphatic rings. The summed E-state index contributed by atoms with van der Waals surface area (Å²) in [6.45, 7) is 4.00. The van der Waals surface area contributed by atoms with Gasteiger partial charge in [-0.15, -0.1) is 0 Å². The van der Waals surface area contributed by atoms with Crippen molar-refractivity contribution in [3.63, 3.8) is 0 Å². The lowest BCUT2D eigenvalue weighted by molar-refractivity contribution is 1.50. The predicted molar refractivity (Wildman–Crippen MR) is 39.9 cm³/mol. The maximum Gasteiger partial charge on any atom is 0 e. The highest BCUT2D eigenvalue weighted by Crippen LogP contribution is 1.79. The minimum absolute atomic E-state index is 0. The lowest BCUT2D eigenvalue weighted by atomic mass is 10.4. The Balaban J connectivity index is 0. The van der Waals surface area contributed by atoms with Gasteiger partial charge < -0.3 is 0 Å². The Morgan fingerprint density at radius 2 is 0.750 bits per heavy atom. The van der Waals surface area contributed by atoms with Gasteiger partial charge >= 0.3 is 0 Å². The normalized spacial score (nSPS) is 6.75. The molecule has 0 heteroatoms. The van der Waals surface area contributed by atoms with Gasteiger partial charge in [0.05, 0.1) is 0 Å². The van der Waals surface area contributed by atoms with E-state index < -0.39 is 0 Å². The highest BCUT2D eigenvalue weighted by Gasteiger charge is 1.57. The minimum Gasteiger partial charge on any atom is -0.0683 e. The first-order valence-electron chi connectivity index (χ1n) is 3.00. The second kappa shape index (κ2) is 6.22. The summed E-state index contributed by atoms with van der Waals surface area (Å²) in [6, 6.07) is 12.0. The van der Waals surface area contributed by atoms with E-state index in [0.717, 1.165) is 0 Å². The fourth-order valence-corrected chi connectivity index (χ4v) is 0.385. The standard InChI is InChI=1S/C6H6.C2H6.H2/c1-2-4-6-5-3-1;1-2;/h1-6H;1-2H3;1H/i;;1+1. The molecule has 0 aliphatic heterocycles. The highest BCUT2D eigenvalue weighted by atomic mass is 13.6. The fourth-order valence-electron chi connectivity index (χ4n) is 0.385. The lowest BCUT2D eigenvalue weighted by Crippen LogP contribution is -1.47. The van der Waals surface area contributed by atoms with Gasteiger partial charge in [0.15, 0.2) is 0 Å². The number of hydrogen-bond donors (Lipinski definition) is 0. The van der Waals surface area contributed by atoms with Crippen LogP contribution in [0.5, 0.6) is 0 Å². The van der Waals surface area contributed by atoms with Crippen molar-refractivity contribution >= 4 is 0 Å². The molecule has 1 aromatic rings. The zero-order chi connectivity index (χ0) is 6.24. The maximum absolute atomic E-state index is 2.00. The zero-order valence-electron chi connectivity index (χ0n) is 5.46.